The number of benzene rings is 1. The van der Waals surface area contributed by atoms with Crippen LogP contribution in [0.3, 0.4) is 0 Å². The first kappa shape index (κ1) is 18.6. The fraction of sp³-hybridized carbons (Fsp3) is 0.444. The Morgan fingerprint density at radius 3 is 2.69 bits per heavy atom. The lowest BCUT2D eigenvalue weighted by atomic mass is 10.2. The molecular formula is C18H23F2N5S. The Morgan fingerprint density at radius 2 is 2.04 bits per heavy atom. The van der Waals surface area contributed by atoms with Crippen molar-refractivity contribution >= 4 is 23.0 Å². The monoisotopic (exact) mass is 379 g/mol. The predicted octanol–water partition coefficient (Wildman–Crippen LogP) is 3.02. The van der Waals surface area contributed by atoms with Gasteiger partial charge in [-0.15, -0.1) is 11.3 Å². The molecule has 2 aromatic rings. The van der Waals surface area contributed by atoms with Gasteiger partial charge in [0.15, 0.2) is 5.96 Å². The van der Waals surface area contributed by atoms with Crippen molar-refractivity contribution in [3.05, 3.63) is 45.9 Å². The summed E-state index contributed by atoms with van der Waals surface area (Å²) in [4.78, 5) is 14.2. The summed E-state index contributed by atoms with van der Waals surface area (Å²) >= 11 is 1.61. The minimum Gasteiger partial charge on any atom is -0.366 e. The first-order valence-corrected chi connectivity index (χ1v) is 9.58. The number of hydrogen-bond donors (Lipinski definition) is 1. The normalized spacial score (nSPS) is 15.5. The lowest BCUT2D eigenvalue weighted by molar-refractivity contribution is 0.370. The van der Waals surface area contributed by atoms with E-state index in [4.69, 9.17) is 4.99 Å². The smallest absolute Gasteiger partial charge is 0.194 e. The summed E-state index contributed by atoms with van der Waals surface area (Å²) in [7, 11) is 0. The Balaban J connectivity index is 1.66. The quantitative estimate of drug-likeness (QED) is 0.655. The largest absolute Gasteiger partial charge is 0.366 e. The van der Waals surface area contributed by atoms with Crippen molar-refractivity contribution < 1.29 is 8.78 Å². The fourth-order valence-corrected chi connectivity index (χ4v) is 3.64. The number of guanidine groups is 1. The van der Waals surface area contributed by atoms with Crippen molar-refractivity contribution in [3.63, 3.8) is 0 Å². The number of halogens is 2. The average Bonchev–Trinajstić information content (AvgIpc) is 3.06. The minimum atomic E-state index is -0.418. The third kappa shape index (κ3) is 4.30. The summed E-state index contributed by atoms with van der Waals surface area (Å²) < 4.78 is 27.4. The Hall–Kier alpha value is -2.22. The number of piperazine rings is 1. The summed E-state index contributed by atoms with van der Waals surface area (Å²) in [5.74, 6) is 0.0411. The van der Waals surface area contributed by atoms with E-state index >= 15 is 0 Å². The fourth-order valence-electron chi connectivity index (χ4n) is 2.94. The summed E-state index contributed by atoms with van der Waals surface area (Å²) in [6.45, 7) is 8.02. The van der Waals surface area contributed by atoms with Crippen LogP contribution >= 0.6 is 11.3 Å². The molecule has 1 aliphatic rings. The molecular weight excluding hydrogens is 356 g/mol. The lowest BCUT2D eigenvalue weighted by Gasteiger charge is -2.37. The van der Waals surface area contributed by atoms with E-state index in [9.17, 15) is 8.78 Å². The zero-order chi connectivity index (χ0) is 18.5. The molecule has 0 amide bonds. The molecule has 0 bridgehead atoms. The molecule has 0 spiro atoms. The first-order chi connectivity index (χ1) is 12.6. The van der Waals surface area contributed by atoms with Gasteiger partial charge in [0.25, 0.3) is 0 Å². The molecule has 0 atom stereocenters. The van der Waals surface area contributed by atoms with Gasteiger partial charge in [0.05, 0.1) is 23.4 Å². The zero-order valence-corrected chi connectivity index (χ0v) is 15.8. The van der Waals surface area contributed by atoms with Gasteiger partial charge >= 0.3 is 0 Å². The molecule has 2 heterocycles. The van der Waals surface area contributed by atoms with Crippen LogP contribution in [0.5, 0.6) is 0 Å². The lowest BCUT2D eigenvalue weighted by Crippen LogP contribution is -2.52. The molecule has 1 aromatic heterocycles. The second-order valence-electron chi connectivity index (χ2n) is 6.10. The zero-order valence-electron chi connectivity index (χ0n) is 15.0. The molecule has 1 saturated heterocycles. The standard InChI is InChI=1S/C18H23F2N5S/c1-3-21-18(22-11-17-13(2)23-12-26-17)25-8-6-24(7-9-25)16-10-14(19)4-5-15(16)20/h4-5,10,12H,3,6-9,11H2,1-2H3,(H,21,22). The number of thiazole rings is 1. The maximum Gasteiger partial charge on any atom is 0.194 e. The van der Waals surface area contributed by atoms with Crippen LogP contribution in [-0.4, -0.2) is 48.6 Å². The average molecular weight is 379 g/mol. The molecule has 1 fully saturated rings. The van der Waals surface area contributed by atoms with Crippen molar-refractivity contribution in [3.8, 4) is 0 Å². The molecule has 1 aromatic carbocycles. The highest BCUT2D eigenvalue weighted by molar-refractivity contribution is 7.09. The first-order valence-electron chi connectivity index (χ1n) is 8.70. The molecule has 0 saturated carbocycles. The molecule has 3 rings (SSSR count). The van der Waals surface area contributed by atoms with E-state index in [1.54, 1.807) is 11.3 Å². The van der Waals surface area contributed by atoms with Gasteiger partial charge in [-0.3, -0.25) is 0 Å². The Bertz CT molecular complexity index is 769. The van der Waals surface area contributed by atoms with Gasteiger partial charge in [0.2, 0.25) is 0 Å². The predicted molar refractivity (Wildman–Crippen MR) is 102 cm³/mol. The molecule has 8 heteroatoms. The molecule has 0 unspecified atom stereocenters. The van der Waals surface area contributed by atoms with E-state index in [0.29, 0.717) is 38.4 Å². The van der Waals surface area contributed by atoms with Crippen LogP contribution in [0.2, 0.25) is 0 Å². The van der Waals surface area contributed by atoms with E-state index in [-0.39, 0.29) is 5.82 Å². The third-order valence-corrected chi connectivity index (χ3v) is 5.30. The summed E-state index contributed by atoms with van der Waals surface area (Å²) in [6.07, 6.45) is 0. The van der Waals surface area contributed by atoms with Gasteiger partial charge in [0.1, 0.15) is 11.6 Å². The SMILES string of the molecule is CCNC(=NCc1scnc1C)N1CCN(c2cc(F)ccc2F)CC1. The van der Waals surface area contributed by atoms with Crippen LogP contribution in [0, 0.1) is 18.6 Å². The number of aromatic nitrogens is 1. The van der Waals surface area contributed by atoms with E-state index in [1.165, 1.54) is 12.1 Å². The van der Waals surface area contributed by atoms with Crippen LogP contribution in [0.4, 0.5) is 14.5 Å². The number of rotatable bonds is 4. The summed E-state index contributed by atoms with van der Waals surface area (Å²) in [6, 6.07) is 3.59. The minimum absolute atomic E-state index is 0.326. The van der Waals surface area contributed by atoms with Crippen LogP contribution in [-0.2, 0) is 6.54 Å². The summed E-state index contributed by atoms with van der Waals surface area (Å²) in [5, 5.41) is 3.32. The summed E-state index contributed by atoms with van der Waals surface area (Å²) in [5.41, 5.74) is 3.17. The van der Waals surface area contributed by atoms with Crippen LogP contribution in [0.1, 0.15) is 17.5 Å². The van der Waals surface area contributed by atoms with Gasteiger partial charge in [-0.1, -0.05) is 0 Å². The van der Waals surface area contributed by atoms with Gasteiger partial charge in [0, 0.05) is 43.7 Å². The van der Waals surface area contributed by atoms with Crippen molar-refractivity contribution in [2.24, 2.45) is 4.99 Å². The van der Waals surface area contributed by atoms with Crippen molar-refractivity contribution in [1.82, 2.24) is 15.2 Å². The molecule has 1 N–H and O–H groups in total. The van der Waals surface area contributed by atoms with E-state index in [1.807, 2.05) is 24.3 Å². The van der Waals surface area contributed by atoms with Crippen molar-refractivity contribution in [2.75, 3.05) is 37.6 Å². The van der Waals surface area contributed by atoms with Gasteiger partial charge in [-0.25, -0.2) is 18.8 Å². The van der Waals surface area contributed by atoms with Crippen molar-refractivity contribution in [1.29, 1.82) is 0 Å². The molecule has 5 nitrogen and oxygen atoms in total. The van der Waals surface area contributed by atoms with E-state index < -0.39 is 5.82 Å². The Morgan fingerprint density at radius 1 is 1.27 bits per heavy atom. The molecule has 140 valence electrons. The molecule has 0 aliphatic carbocycles. The van der Waals surface area contributed by atoms with Crippen LogP contribution in [0.25, 0.3) is 0 Å². The molecule has 26 heavy (non-hydrogen) atoms. The number of aliphatic imine (C=N–C) groups is 1. The maximum absolute atomic E-state index is 14.0. The highest BCUT2D eigenvalue weighted by Crippen LogP contribution is 2.22. The third-order valence-electron chi connectivity index (χ3n) is 4.38. The second-order valence-corrected chi connectivity index (χ2v) is 7.04. The Labute approximate surface area is 156 Å². The Kier molecular flexibility index (Phi) is 6.03. The highest BCUT2D eigenvalue weighted by atomic mass is 32.1. The van der Waals surface area contributed by atoms with Crippen LogP contribution in [0.15, 0.2) is 28.7 Å². The maximum atomic E-state index is 14.0. The van der Waals surface area contributed by atoms with Gasteiger partial charge < -0.3 is 15.1 Å². The van der Waals surface area contributed by atoms with Crippen molar-refractivity contribution in [2.45, 2.75) is 20.4 Å². The van der Waals surface area contributed by atoms with E-state index in [0.717, 1.165) is 29.1 Å². The van der Waals surface area contributed by atoms with Crippen LogP contribution < -0.4 is 10.2 Å². The highest BCUT2D eigenvalue weighted by Gasteiger charge is 2.22. The second kappa shape index (κ2) is 8.44. The number of anilines is 1. The number of nitrogens with zero attached hydrogens (tertiary/aromatic N) is 4. The molecule has 1 aliphatic heterocycles. The molecule has 0 radical (unpaired) electrons. The van der Waals surface area contributed by atoms with Gasteiger partial charge in [-0.05, 0) is 26.0 Å². The van der Waals surface area contributed by atoms with E-state index in [2.05, 4.69) is 15.2 Å². The number of nitrogens with one attached hydrogen (secondary N) is 1. The topological polar surface area (TPSA) is 43.8 Å². The van der Waals surface area contributed by atoms with Gasteiger partial charge in [-0.2, -0.15) is 0 Å². The number of aryl methyl sites for hydroxylation is 1. The number of hydrogen-bond acceptors (Lipinski definition) is 4.